The van der Waals surface area contributed by atoms with Gasteiger partial charge in [-0.1, -0.05) is 17.9 Å². The molecule has 1 unspecified atom stereocenters. The van der Waals surface area contributed by atoms with Gasteiger partial charge in [0.15, 0.2) is 0 Å². The van der Waals surface area contributed by atoms with Crippen molar-refractivity contribution in [2.24, 2.45) is 13.0 Å². The number of aryl methyl sites for hydroxylation is 1. The number of pyridine rings is 1. The highest BCUT2D eigenvalue weighted by Gasteiger charge is 2.34. The van der Waals surface area contributed by atoms with Gasteiger partial charge < -0.3 is 15.7 Å². The lowest BCUT2D eigenvalue weighted by Gasteiger charge is -2.28. The highest BCUT2D eigenvalue weighted by Crippen LogP contribution is 2.36. The Morgan fingerprint density at radius 3 is 2.52 bits per heavy atom. The molecule has 4 N–H and O–H groups in total. The summed E-state index contributed by atoms with van der Waals surface area (Å²) in [4.78, 5) is 53.6. The number of hydrogen-bond donors (Lipinski definition) is 4. The number of nitrogens with zero attached hydrogens (tertiary/aromatic N) is 5. The van der Waals surface area contributed by atoms with Gasteiger partial charge in [-0.3, -0.25) is 33.5 Å². The Kier molecular flexibility index (Phi) is 11.3. The first-order valence-electron chi connectivity index (χ1n) is 19.4. The Labute approximate surface area is 332 Å². The molecule has 7 rings (SSSR count). The average Bonchev–Trinajstić information content (AvgIpc) is 3.71. The molecule has 2 aromatic carbocycles. The zero-order valence-electron chi connectivity index (χ0n) is 32.4. The molecular formula is C42H45F3N8O5. The lowest BCUT2D eigenvalue weighted by molar-refractivity contribution is -0.141. The lowest BCUT2D eigenvalue weighted by Crippen LogP contribution is -2.44. The fourth-order valence-corrected chi connectivity index (χ4v) is 7.85. The number of nitrogens with one attached hydrogen (secondary N) is 3. The first-order valence-corrected chi connectivity index (χ1v) is 19.4. The van der Waals surface area contributed by atoms with Crippen LogP contribution in [0.4, 0.5) is 18.9 Å². The molecule has 2 aliphatic rings. The molecule has 5 aromatic rings. The van der Waals surface area contributed by atoms with Crippen molar-refractivity contribution in [1.82, 2.24) is 34.5 Å². The number of anilines is 1. The molecule has 3 aromatic heterocycles. The Hall–Kier alpha value is -5.79. The van der Waals surface area contributed by atoms with E-state index in [2.05, 4.69) is 32.8 Å². The van der Waals surface area contributed by atoms with Crippen molar-refractivity contribution >= 4 is 45.3 Å². The van der Waals surface area contributed by atoms with E-state index < -0.39 is 41.0 Å². The second-order valence-electron chi connectivity index (χ2n) is 15.7. The van der Waals surface area contributed by atoms with E-state index in [1.54, 1.807) is 39.1 Å². The number of alkyl halides is 3. The number of carbonyl (C=O) groups is 3. The maximum atomic E-state index is 13.2. The Morgan fingerprint density at radius 2 is 1.79 bits per heavy atom. The van der Waals surface area contributed by atoms with Crippen molar-refractivity contribution < 1.29 is 32.7 Å². The first kappa shape index (κ1) is 40.4. The number of fused-ring (bicyclic) bond motifs is 2. The minimum atomic E-state index is -4.70. The molecule has 0 bridgehead atoms. The van der Waals surface area contributed by atoms with Crippen LogP contribution in [-0.2, 0) is 28.4 Å². The molecule has 1 atom stereocenters. The van der Waals surface area contributed by atoms with Gasteiger partial charge in [0, 0.05) is 48.3 Å². The van der Waals surface area contributed by atoms with E-state index >= 15 is 0 Å². The van der Waals surface area contributed by atoms with Crippen LogP contribution in [0.2, 0.25) is 0 Å². The van der Waals surface area contributed by atoms with Crippen molar-refractivity contribution in [3.05, 3.63) is 87.7 Å². The summed E-state index contributed by atoms with van der Waals surface area (Å²) in [6, 6.07) is 11.5. The number of piperidine rings is 1. The second-order valence-corrected chi connectivity index (χ2v) is 15.7. The molecule has 0 radical (unpaired) electrons. The average molecular weight is 799 g/mol. The maximum absolute atomic E-state index is 13.2. The number of carbonyl (C=O) groups excluding carboxylic acids is 3. The maximum Gasteiger partial charge on any atom is 0.433 e. The quantitative estimate of drug-likeness (QED) is 0.0793. The van der Waals surface area contributed by atoms with Crippen molar-refractivity contribution in [3.63, 3.8) is 0 Å². The number of unbranched alkanes of at least 4 members (excludes halogenated alkanes) is 1. The van der Waals surface area contributed by atoms with Crippen LogP contribution >= 0.6 is 0 Å². The van der Waals surface area contributed by atoms with Crippen LogP contribution < -0.4 is 21.6 Å². The Morgan fingerprint density at radius 1 is 1.02 bits per heavy atom. The SMILES string of the molecule is Cn1c(=O)n(C2CCC(=O)NC2=O)c2ccc(C#CCCCNCC3CCC(n4cc5cc(NC(=O)c6cccc(C(F)(F)F)n6)c(C(C)(C)O)cc5n4)CC3)cc21. The van der Waals surface area contributed by atoms with Gasteiger partial charge in [0.2, 0.25) is 11.8 Å². The van der Waals surface area contributed by atoms with Gasteiger partial charge in [0.05, 0.1) is 28.2 Å². The molecule has 1 aliphatic heterocycles. The highest BCUT2D eigenvalue weighted by atomic mass is 19.4. The number of imidazole rings is 1. The van der Waals surface area contributed by atoms with E-state index in [0.717, 1.165) is 68.3 Å². The van der Waals surface area contributed by atoms with Crippen LogP contribution in [0.25, 0.3) is 21.9 Å². The number of amides is 3. The molecule has 58 heavy (non-hydrogen) atoms. The number of aromatic nitrogens is 5. The summed E-state index contributed by atoms with van der Waals surface area (Å²) in [6.07, 6.45) is 3.15. The lowest BCUT2D eigenvalue weighted by atomic mass is 9.86. The third-order valence-electron chi connectivity index (χ3n) is 11.0. The van der Waals surface area contributed by atoms with Crippen LogP contribution in [0.3, 0.4) is 0 Å². The molecule has 1 saturated heterocycles. The minimum absolute atomic E-state index is 0.175. The summed E-state index contributed by atoms with van der Waals surface area (Å²) in [5, 5.41) is 25.0. The van der Waals surface area contributed by atoms with Gasteiger partial charge in [-0.05, 0) is 114 Å². The van der Waals surface area contributed by atoms with Gasteiger partial charge in [0.25, 0.3) is 5.91 Å². The van der Waals surface area contributed by atoms with Crippen LogP contribution in [0, 0.1) is 17.8 Å². The van der Waals surface area contributed by atoms with Crippen LogP contribution in [0.15, 0.2) is 59.5 Å². The molecule has 1 saturated carbocycles. The summed E-state index contributed by atoms with van der Waals surface area (Å²) < 4.78 is 44.5. The van der Waals surface area contributed by atoms with E-state index in [4.69, 9.17) is 5.10 Å². The van der Waals surface area contributed by atoms with Gasteiger partial charge in [-0.15, -0.1) is 0 Å². The monoisotopic (exact) mass is 798 g/mol. The van der Waals surface area contributed by atoms with E-state index in [1.165, 1.54) is 15.2 Å². The molecule has 1 aliphatic carbocycles. The summed E-state index contributed by atoms with van der Waals surface area (Å²) in [5.74, 6) is 5.31. The van der Waals surface area contributed by atoms with E-state index in [1.807, 2.05) is 23.0 Å². The number of hydrogen-bond acceptors (Lipinski definition) is 8. The van der Waals surface area contributed by atoms with E-state index in [0.29, 0.717) is 34.5 Å². The largest absolute Gasteiger partial charge is 0.433 e. The summed E-state index contributed by atoms with van der Waals surface area (Å²) in [6.45, 7) is 4.85. The summed E-state index contributed by atoms with van der Waals surface area (Å²) in [7, 11) is 1.66. The van der Waals surface area contributed by atoms with Crippen LogP contribution in [-0.4, -0.2) is 59.8 Å². The number of rotatable bonds is 10. The Bertz CT molecular complexity index is 2510. The second kappa shape index (κ2) is 16.2. The van der Waals surface area contributed by atoms with Gasteiger partial charge in [-0.25, -0.2) is 9.78 Å². The summed E-state index contributed by atoms with van der Waals surface area (Å²) >= 11 is 0. The standard InChI is InChI=1S/C42H45F3N8O5/c1-41(2,58)29-22-31-27(21-32(29)48-38(55)30-9-7-10-36(47-30)42(43,44)45)24-52(50-31)28-14-11-26(12-15-28)23-46-19-6-4-5-8-25-13-16-33-35(20-25)51(3)40(57)53(33)34-17-18-37(54)49-39(34)56/h7,9-10,13,16,20-22,24,26,28,34,46,58H,4,6,11-12,14-15,17-19,23H2,1-3H3,(H,48,55)(H,49,54,56). The third kappa shape index (κ3) is 8.70. The zero-order valence-corrected chi connectivity index (χ0v) is 32.4. The van der Waals surface area contributed by atoms with Crippen molar-refractivity contribution in [2.75, 3.05) is 18.4 Å². The fraction of sp³-hybridized carbons (Fsp3) is 0.429. The number of benzene rings is 2. The van der Waals surface area contributed by atoms with Crippen molar-refractivity contribution in [1.29, 1.82) is 0 Å². The van der Waals surface area contributed by atoms with Crippen molar-refractivity contribution in [3.8, 4) is 11.8 Å². The van der Waals surface area contributed by atoms with Gasteiger partial charge in [-0.2, -0.15) is 18.3 Å². The molecule has 16 heteroatoms. The zero-order chi connectivity index (χ0) is 41.4. The van der Waals surface area contributed by atoms with Crippen LogP contribution in [0.1, 0.15) is 105 Å². The fourth-order valence-electron chi connectivity index (χ4n) is 7.85. The molecule has 4 heterocycles. The van der Waals surface area contributed by atoms with Crippen LogP contribution in [0.5, 0.6) is 0 Å². The molecular weight excluding hydrogens is 754 g/mol. The Balaban J connectivity index is 0.895. The molecule has 304 valence electrons. The molecule has 2 fully saturated rings. The minimum Gasteiger partial charge on any atom is -0.386 e. The third-order valence-corrected chi connectivity index (χ3v) is 11.0. The van der Waals surface area contributed by atoms with E-state index in [-0.39, 0.29) is 36.2 Å². The molecule has 3 amide bonds. The smallest absolute Gasteiger partial charge is 0.386 e. The molecule has 13 nitrogen and oxygen atoms in total. The number of aliphatic hydroxyl groups is 1. The van der Waals surface area contributed by atoms with Gasteiger partial charge in [0.1, 0.15) is 17.4 Å². The topological polar surface area (TPSA) is 165 Å². The number of imide groups is 1. The normalized spacial score (nSPS) is 18.9. The van der Waals surface area contributed by atoms with Gasteiger partial charge >= 0.3 is 11.9 Å². The number of halogens is 3. The predicted octanol–water partition coefficient (Wildman–Crippen LogP) is 5.71. The first-order chi connectivity index (χ1) is 27.6. The predicted molar refractivity (Wildman–Crippen MR) is 211 cm³/mol. The van der Waals surface area contributed by atoms with E-state index in [9.17, 15) is 37.5 Å². The van der Waals surface area contributed by atoms with Crippen molar-refractivity contribution in [2.45, 2.75) is 89.1 Å². The highest BCUT2D eigenvalue weighted by molar-refractivity contribution is 6.04. The molecule has 0 spiro atoms. The summed E-state index contributed by atoms with van der Waals surface area (Å²) in [5.41, 5.74) is 0.0841.